The topological polar surface area (TPSA) is 109 Å². The Kier molecular flexibility index (Phi) is 9.67. The standard InChI is InChI=1S/C31H36N4O3/c1-38-31(37)28(13-7-8-18-32)35-30(36)29(19-25-21-34-27-12-6-5-11-26(25)27)33-20-22-14-16-24(17-15-22)23-9-3-2-4-10-23/h2-6,9-12,14-17,21,28-29,33-34H,7-8,13,18-20,32H2,1H3,(H,35,36). The number of nitrogens with one attached hydrogen (secondary N) is 3. The number of para-hydroxylation sites is 1. The first-order valence-electron chi connectivity index (χ1n) is 13.1. The number of esters is 1. The Hall–Kier alpha value is -3.94. The lowest BCUT2D eigenvalue weighted by Gasteiger charge is -2.22. The predicted molar refractivity (Wildman–Crippen MR) is 151 cm³/mol. The third kappa shape index (κ3) is 7.09. The molecular formula is C31H36N4O3. The van der Waals surface area contributed by atoms with Crippen LogP contribution in [0.5, 0.6) is 0 Å². The summed E-state index contributed by atoms with van der Waals surface area (Å²) < 4.78 is 4.95. The van der Waals surface area contributed by atoms with E-state index in [9.17, 15) is 9.59 Å². The first kappa shape index (κ1) is 27.1. The minimum atomic E-state index is -0.712. The van der Waals surface area contributed by atoms with E-state index in [-0.39, 0.29) is 5.91 Å². The number of hydrogen-bond donors (Lipinski definition) is 4. The molecule has 0 fully saturated rings. The summed E-state index contributed by atoms with van der Waals surface area (Å²) in [6.45, 7) is 1.04. The molecule has 7 heteroatoms. The number of carbonyl (C=O) groups excluding carboxylic acids is 2. The van der Waals surface area contributed by atoms with Crippen LogP contribution in [0, 0.1) is 0 Å². The van der Waals surface area contributed by atoms with Crippen molar-refractivity contribution in [1.82, 2.24) is 15.6 Å². The predicted octanol–water partition coefficient (Wildman–Crippen LogP) is 4.32. The number of amides is 1. The normalized spacial score (nSPS) is 12.7. The van der Waals surface area contributed by atoms with E-state index in [1.165, 1.54) is 7.11 Å². The molecule has 2 unspecified atom stereocenters. The molecule has 0 saturated carbocycles. The van der Waals surface area contributed by atoms with Gasteiger partial charge in [-0.05, 0) is 60.5 Å². The molecule has 0 aliphatic rings. The summed E-state index contributed by atoms with van der Waals surface area (Å²) in [5.41, 5.74) is 11.0. The number of methoxy groups -OCH3 is 1. The first-order chi connectivity index (χ1) is 18.6. The number of fused-ring (bicyclic) bond motifs is 1. The molecule has 0 aliphatic heterocycles. The van der Waals surface area contributed by atoms with Crippen LogP contribution in [0.4, 0.5) is 0 Å². The lowest BCUT2D eigenvalue weighted by atomic mass is 10.0. The third-order valence-electron chi connectivity index (χ3n) is 6.78. The molecular weight excluding hydrogens is 476 g/mol. The van der Waals surface area contributed by atoms with Crippen molar-refractivity contribution < 1.29 is 14.3 Å². The maximum atomic E-state index is 13.5. The van der Waals surface area contributed by atoms with Crippen molar-refractivity contribution in [3.05, 3.63) is 96.2 Å². The Morgan fingerprint density at radius 3 is 2.34 bits per heavy atom. The van der Waals surface area contributed by atoms with Crippen molar-refractivity contribution in [2.75, 3.05) is 13.7 Å². The van der Waals surface area contributed by atoms with Crippen molar-refractivity contribution in [1.29, 1.82) is 0 Å². The van der Waals surface area contributed by atoms with Gasteiger partial charge in [-0.15, -0.1) is 0 Å². The van der Waals surface area contributed by atoms with Crippen LogP contribution in [0.25, 0.3) is 22.0 Å². The summed E-state index contributed by atoms with van der Waals surface area (Å²) in [5, 5.41) is 7.43. The highest BCUT2D eigenvalue weighted by molar-refractivity contribution is 5.89. The monoisotopic (exact) mass is 512 g/mol. The number of unbranched alkanes of at least 4 members (excludes halogenated alkanes) is 1. The summed E-state index contributed by atoms with van der Waals surface area (Å²) in [6.07, 6.45) is 4.40. The summed E-state index contributed by atoms with van der Waals surface area (Å²) in [6, 6.07) is 25.3. The molecule has 0 aliphatic carbocycles. The van der Waals surface area contributed by atoms with Crippen LogP contribution in [0.1, 0.15) is 30.4 Å². The largest absolute Gasteiger partial charge is 0.467 e. The van der Waals surface area contributed by atoms with E-state index in [4.69, 9.17) is 10.5 Å². The van der Waals surface area contributed by atoms with Gasteiger partial charge in [0, 0.05) is 23.6 Å². The van der Waals surface area contributed by atoms with Crippen molar-refractivity contribution in [3.8, 4) is 11.1 Å². The second-order valence-corrected chi connectivity index (χ2v) is 9.43. The molecule has 1 amide bonds. The minimum absolute atomic E-state index is 0.237. The zero-order valence-electron chi connectivity index (χ0n) is 21.8. The number of nitrogens with two attached hydrogens (primary N) is 1. The summed E-state index contributed by atoms with van der Waals surface area (Å²) >= 11 is 0. The van der Waals surface area contributed by atoms with Crippen LogP contribution in [0.3, 0.4) is 0 Å². The van der Waals surface area contributed by atoms with E-state index in [1.54, 1.807) is 0 Å². The van der Waals surface area contributed by atoms with Crippen LogP contribution in [0.2, 0.25) is 0 Å². The molecule has 0 radical (unpaired) electrons. The first-order valence-corrected chi connectivity index (χ1v) is 13.1. The average Bonchev–Trinajstić information content (AvgIpc) is 3.37. The van der Waals surface area contributed by atoms with Gasteiger partial charge in [-0.3, -0.25) is 4.79 Å². The fourth-order valence-corrected chi connectivity index (χ4v) is 4.62. The fourth-order valence-electron chi connectivity index (χ4n) is 4.62. The van der Waals surface area contributed by atoms with Crippen molar-refractivity contribution in [3.63, 3.8) is 0 Å². The van der Waals surface area contributed by atoms with Gasteiger partial charge in [0.1, 0.15) is 6.04 Å². The van der Waals surface area contributed by atoms with Crippen LogP contribution in [-0.2, 0) is 27.3 Å². The van der Waals surface area contributed by atoms with Gasteiger partial charge >= 0.3 is 5.97 Å². The van der Waals surface area contributed by atoms with Gasteiger partial charge in [0.05, 0.1) is 13.2 Å². The molecule has 2 atom stereocenters. The quantitative estimate of drug-likeness (QED) is 0.158. The molecule has 1 heterocycles. The number of rotatable bonds is 13. The molecule has 38 heavy (non-hydrogen) atoms. The SMILES string of the molecule is COC(=O)C(CCCCN)NC(=O)C(Cc1c[nH]c2ccccc12)NCc1ccc(-c2ccccc2)cc1. The number of hydrogen-bond acceptors (Lipinski definition) is 5. The highest BCUT2D eigenvalue weighted by Crippen LogP contribution is 2.21. The molecule has 3 aromatic carbocycles. The van der Waals surface area contributed by atoms with E-state index < -0.39 is 18.1 Å². The lowest BCUT2D eigenvalue weighted by Crippen LogP contribution is -2.51. The highest BCUT2D eigenvalue weighted by atomic mass is 16.5. The average molecular weight is 513 g/mol. The van der Waals surface area contributed by atoms with Gasteiger partial charge < -0.3 is 26.1 Å². The Labute approximate surface area is 223 Å². The zero-order valence-corrected chi connectivity index (χ0v) is 21.8. The van der Waals surface area contributed by atoms with Crippen molar-refractivity contribution in [2.24, 2.45) is 5.73 Å². The van der Waals surface area contributed by atoms with Gasteiger partial charge in [-0.1, -0.05) is 72.8 Å². The molecule has 7 nitrogen and oxygen atoms in total. The van der Waals surface area contributed by atoms with Gasteiger partial charge in [0.15, 0.2) is 0 Å². The maximum Gasteiger partial charge on any atom is 0.328 e. The zero-order chi connectivity index (χ0) is 26.7. The van der Waals surface area contributed by atoms with E-state index in [2.05, 4.69) is 52.0 Å². The van der Waals surface area contributed by atoms with Crippen LogP contribution < -0.4 is 16.4 Å². The van der Waals surface area contributed by atoms with Crippen LogP contribution in [0.15, 0.2) is 85.1 Å². The number of ether oxygens (including phenoxy) is 1. The Balaban J connectivity index is 1.50. The number of aromatic amines is 1. The molecule has 4 rings (SSSR count). The molecule has 0 bridgehead atoms. The minimum Gasteiger partial charge on any atom is -0.467 e. The van der Waals surface area contributed by atoms with Gasteiger partial charge in [0.2, 0.25) is 5.91 Å². The molecule has 1 aromatic heterocycles. The van der Waals surface area contributed by atoms with Crippen LogP contribution >= 0.6 is 0 Å². The van der Waals surface area contributed by atoms with E-state index in [1.807, 2.05) is 48.7 Å². The Bertz CT molecular complexity index is 1320. The maximum absolute atomic E-state index is 13.5. The van der Waals surface area contributed by atoms with Gasteiger partial charge in [-0.25, -0.2) is 4.79 Å². The second kappa shape index (κ2) is 13.6. The Morgan fingerprint density at radius 2 is 1.61 bits per heavy atom. The lowest BCUT2D eigenvalue weighted by molar-refractivity contribution is -0.145. The molecule has 4 aromatic rings. The summed E-state index contributed by atoms with van der Waals surface area (Å²) in [4.78, 5) is 29.2. The number of aromatic nitrogens is 1. The molecule has 198 valence electrons. The molecule has 0 saturated heterocycles. The molecule has 5 N–H and O–H groups in total. The smallest absolute Gasteiger partial charge is 0.328 e. The number of carbonyl (C=O) groups is 2. The third-order valence-corrected chi connectivity index (χ3v) is 6.78. The van der Waals surface area contributed by atoms with Gasteiger partial charge in [0.25, 0.3) is 0 Å². The van der Waals surface area contributed by atoms with Crippen molar-refractivity contribution >= 4 is 22.8 Å². The number of benzene rings is 3. The van der Waals surface area contributed by atoms with E-state index >= 15 is 0 Å². The van der Waals surface area contributed by atoms with E-state index in [0.29, 0.717) is 25.9 Å². The molecule has 0 spiro atoms. The second-order valence-electron chi connectivity index (χ2n) is 9.43. The highest BCUT2D eigenvalue weighted by Gasteiger charge is 2.26. The Morgan fingerprint density at radius 1 is 0.895 bits per heavy atom. The summed E-state index contributed by atoms with van der Waals surface area (Å²) in [7, 11) is 1.34. The van der Waals surface area contributed by atoms with Crippen LogP contribution in [-0.4, -0.2) is 42.6 Å². The summed E-state index contributed by atoms with van der Waals surface area (Å²) in [5.74, 6) is -0.683. The number of H-pyrrole nitrogens is 1. The van der Waals surface area contributed by atoms with Crippen molar-refractivity contribution in [2.45, 2.75) is 44.3 Å². The fraction of sp³-hybridized carbons (Fsp3) is 0.290. The van der Waals surface area contributed by atoms with E-state index in [0.717, 1.165) is 46.0 Å². The van der Waals surface area contributed by atoms with Gasteiger partial charge in [-0.2, -0.15) is 0 Å².